The highest BCUT2D eigenvalue weighted by Crippen LogP contribution is 2.30. The van der Waals surface area contributed by atoms with E-state index < -0.39 is 11.6 Å². The Labute approximate surface area is 134 Å². The van der Waals surface area contributed by atoms with Gasteiger partial charge in [-0.15, -0.1) is 0 Å². The Morgan fingerprint density at radius 2 is 1.88 bits per heavy atom. The van der Waals surface area contributed by atoms with Crippen LogP contribution in [0.15, 0.2) is 49.2 Å². The highest BCUT2D eigenvalue weighted by molar-refractivity contribution is 5.95. The lowest BCUT2D eigenvalue weighted by atomic mass is 10.1. The number of pyridine rings is 1. The van der Waals surface area contributed by atoms with E-state index >= 15 is 0 Å². The van der Waals surface area contributed by atoms with Gasteiger partial charge in [-0.2, -0.15) is 5.10 Å². The number of nitrogens with zero attached hydrogens (tertiary/aromatic N) is 5. The number of aromatic nitrogens is 5. The molecule has 118 valence electrons. The fraction of sp³-hybridized carbons (Fsp3) is 0. The lowest BCUT2D eigenvalue weighted by Crippen LogP contribution is -2.01. The summed E-state index contributed by atoms with van der Waals surface area (Å²) >= 11 is 0. The van der Waals surface area contributed by atoms with Crippen molar-refractivity contribution in [2.75, 3.05) is 5.73 Å². The summed E-state index contributed by atoms with van der Waals surface area (Å²) in [6, 6.07) is 4.90. The van der Waals surface area contributed by atoms with E-state index in [9.17, 15) is 8.78 Å². The van der Waals surface area contributed by atoms with Crippen molar-refractivity contribution in [1.82, 2.24) is 24.7 Å². The number of halogens is 2. The molecule has 0 aliphatic heterocycles. The van der Waals surface area contributed by atoms with Gasteiger partial charge in [0.1, 0.15) is 29.5 Å². The Kier molecular flexibility index (Phi) is 3.16. The third kappa shape index (κ3) is 2.16. The van der Waals surface area contributed by atoms with Gasteiger partial charge >= 0.3 is 0 Å². The Morgan fingerprint density at radius 1 is 1.00 bits per heavy atom. The molecule has 0 spiro atoms. The first-order valence-electron chi connectivity index (χ1n) is 6.99. The zero-order valence-electron chi connectivity index (χ0n) is 12.2. The zero-order chi connectivity index (χ0) is 16.7. The number of rotatable bonds is 2. The molecule has 8 heteroatoms. The molecule has 3 heterocycles. The van der Waals surface area contributed by atoms with E-state index in [0.29, 0.717) is 28.0 Å². The topological polar surface area (TPSA) is 82.5 Å². The highest BCUT2D eigenvalue weighted by Gasteiger charge is 2.16. The molecule has 0 bridgehead atoms. The van der Waals surface area contributed by atoms with Gasteiger partial charge in [-0.3, -0.25) is 0 Å². The molecule has 0 saturated carbocycles. The molecule has 0 saturated heterocycles. The number of nitrogen functional groups attached to an aromatic ring is 1. The van der Waals surface area contributed by atoms with Crippen LogP contribution in [0.4, 0.5) is 14.6 Å². The van der Waals surface area contributed by atoms with Crippen molar-refractivity contribution in [1.29, 1.82) is 0 Å². The third-order valence-electron chi connectivity index (χ3n) is 3.64. The van der Waals surface area contributed by atoms with Crippen LogP contribution in [0.2, 0.25) is 0 Å². The van der Waals surface area contributed by atoms with Crippen molar-refractivity contribution < 1.29 is 8.78 Å². The van der Waals surface area contributed by atoms with Crippen LogP contribution < -0.4 is 5.73 Å². The summed E-state index contributed by atoms with van der Waals surface area (Å²) in [6.45, 7) is 0. The molecule has 0 amide bonds. The molecular weight excluding hydrogens is 314 g/mol. The van der Waals surface area contributed by atoms with Crippen molar-refractivity contribution in [3.63, 3.8) is 0 Å². The van der Waals surface area contributed by atoms with Crippen LogP contribution in [0.3, 0.4) is 0 Å². The maximum absolute atomic E-state index is 14.1. The van der Waals surface area contributed by atoms with Crippen LogP contribution >= 0.6 is 0 Å². The Balaban J connectivity index is 1.98. The Morgan fingerprint density at radius 3 is 2.71 bits per heavy atom. The second-order valence-electron chi connectivity index (χ2n) is 5.07. The summed E-state index contributed by atoms with van der Waals surface area (Å²) in [5, 5.41) is 4.78. The largest absolute Gasteiger partial charge is 0.383 e. The molecule has 3 aromatic heterocycles. The average Bonchev–Trinajstić information content (AvgIpc) is 3.01. The lowest BCUT2D eigenvalue weighted by molar-refractivity contribution is 0.588. The standard InChI is InChI=1S/C16H10F2N6/c17-9-1-2-13(18)14(5-9)24-16-12(7-23-24)10(3-4-21-16)11-6-20-8-22-15(11)19/h1-8H,(H2,19,20,22). The van der Waals surface area contributed by atoms with Crippen molar-refractivity contribution >= 4 is 16.9 Å². The minimum atomic E-state index is -0.601. The van der Waals surface area contributed by atoms with Gasteiger partial charge in [0.15, 0.2) is 5.65 Å². The maximum Gasteiger partial charge on any atom is 0.163 e. The summed E-state index contributed by atoms with van der Waals surface area (Å²) < 4.78 is 28.8. The van der Waals surface area contributed by atoms with Crippen molar-refractivity contribution in [2.45, 2.75) is 0 Å². The number of nitrogens with two attached hydrogens (primary N) is 1. The van der Waals surface area contributed by atoms with Gasteiger partial charge in [-0.1, -0.05) is 0 Å². The molecule has 1 aromatic carbocycles. The van der Waals surface area contributed by atoms with Crippen LogP contribution in [0.5, 0.6) is 0 Å². The van der Waals surface area contributed by atoms with Gasteiger partial charge in [0, 0.05) is 35.0 Å². The van der Waals surface area contributed by atoms with E-state index in [2.05, 4.69) is 20.1 Å². The predicted molar refractivity (Wildman–Crippen MR) is 84.2 cm³/mol. The van der Waals surface area contributed by atoms with E-state index in [-0.39, 0.29) is 5.69 Å². The molecular formula is C16H10F2N6. The van der Waals surface area contributed by atoms with Gasteiger partial charge in [0.2, 0.25) is 0 Å². The van der Waals surface area contributed by atoms with Gasteiger partial charge in [0.05, 0.1) is 6.20 Å². The smallest absolute Gasteiger partial charge is 0.163 e. The highest BCUT2D eigenvalue weighted by atomic mass is 19.1. The van der Waals surface area contributed by atoms with Crippen LogP contribution in [-0.4, -0.2) is 24.7 Å². The monoisotopic (exact) mass is 324 g/mol. The number of hydrogen-bond donors (Lipinski definition) is 1. The Bertz CT molecular complexity index is 1060. The normalized spacial score (nSPS) is 11.1. The number of fused-ring (bicyclic) bond motifs is 1. The first-order chi connectivity index (χ1) is 11.6. The van der Waals surface area contributed by atoms with Gasteiger partial charge in [-0.05, 0) is 18.2 Å². The quantitative estimate of drug-likeness (QED) is 0.613. The second kappa shape index (κ2) is 5.34. The van der Waals surface area contributed by atoms with Gasteiger partial charge < -0.3 is 5.73 Å². The molecule has 0 fully saturated rings. The van der Waals surface area contributed by atoms with Crippen molar-refractivity contribution in [3.8, 4) is 16.8 Å². The number of anilines is 1. The Hall–Kier alpha value is -3.42. The minimum absolute atomic E-state index is 0.0214. The zero-order valence-corrected chi connectivity index (χ0v) is 12.2. The molecule has 0 aliphatic rings. The molecule has 6 nitrogen and oxygen atoms in total. The summed E-state index contributed by atoms with van der Waals surface area (Å²) in [6.07, 6.45) is 5.99. The fourth-order valence-electron chi connectivity index (χ4n) is 2.53. The fourth-order valence-corrected chi connectivity index (χ4v) is 2.53. The van der Waals surface area contributed by atoms with Crippen molar-refractivity contribution in [2.24, 2.45) is 0 Å². The van der Waals surface area contributed by atoms with E-state index in [1.165, 1.54) is 17.2 Å². The van der Waals surface area contributed by atoms with Crippen LogP contribution in [0.25, 0.3) is 27.8 Å². The molecule has 24 heavy (non-hydrogen) atoms. The first kappa shape index (κ1) is 14.2. The molecule has 0 radical (unpaired) electrons. The summed E-state index contributed by atoms with van der Waals surface area (Å²) in [5.41, 5.74) is 7.58. The third-order valence-corrected chi connectivity index (χ3v) is 3.64. The van der Waals surface area contributed by atoms with Crippen LogP contribution in [0, 0.1) is 11.6 Å². The molecule has 0 atom stereocenters. The van der Waals surface area contributed by atoms with E-state index in [4.69, 9.17) is 5.73 Å². The predicted octanol–water partition coefficient (Wildman–Crippen LogP) is 2.74. The van der Waals surface area contributed by atoms with E-state index in [1.807, 2.05) is 0 Å². The number of benzene rings is 1. The molecule has 2 N–H and O–H groups in total. The molecule has 0 aliphatic carbocycles. The van der Waals surface area contributed by atoms with Gasteiger partial charge in [0.25, 0.3) is 0 Å². The van der Waals surface area contributed by atoms with Gasteiger partial charge in [-0.25, -0.2) is 28.4 Å². The van der Waals surface area contributed by atoms with Crippen LogP contribution in [0.1, 0.15) is 0 Å². The maximum atomic E-state index is 14.1. The van der Waals surface area contributed by atoms with E-state index in [0.717, 1.165) is 18.2 Å². The summed E-state index contributed by atoms with van der Waals surface area (Å²) in [4.78, 5) is 12.2. The second-order valence-corrected chi connectivity index (χ2v) is 5.07. The summed E-state index contributed by atoms with van der Waals surface area (Å²) in [5.74, 6) is -0.856. The molecule has 4 aromatic rings. The lowest BCUT2D eigenvalue weighted by Gasteiger charge is -2.07. The van der Waals surface area contributed by atoms with Crippen LogP contribution in [-0.2, 0) is 0 Å². The minimum Gasteiger partial charge on any atom is -0.383 e. The molecule has 0 unspecified atom stereocenters. The number of hydrogen-bond acceptors (Lipinski definition) is 5. The van der Waals surface area contributed by atoms with E-state index in [1.54, 1.807) is 18.5 Å². The SMILES string of the molecule is Nc1ncncc1-c1ccnc2c1cnn2-c1cc(F)ccc1F. The first-order valence-corrected chi connectivity index (χ1v) is 6.99. The average molecular weight is 324 g/mol. The summed E-state index contributed by atoms with van der Waals surface area (Å²) in [7, 11) is 0. The van der Waals surface area contributed by atoms with Crippen molar-refractivity contribution in [3.05, 3.63) is 60.8 Å². The molecule has 4 rings (SSSR count).